The van der Waals surface area contributed by atoms with Crippen LogP contribution in [0.2, 0.25) is 0 Å². The van der Waals surface area contributed by atoms with E-state index in [1.165, 1.54) is 12.1 Å². The Balaban J connectivity index is 2.13. The zero-order chi connectivity index (χ0) is 10.8. The number of hydrogen-bond donors (Lipinski definition) is 0. The molecule has 1 atom stereocenters. The average molecular weight is 202 g/mol. The molecule has 0 heterocycles. The molecule has 0 spiro atoms. The van der Waals surface area contributed by atoms with Crippen molar-refractivity contribution >= 4 is 13.3 Å². The summed E-state index contributed by atoms with van der Waals surface area (Å²) in [5.41, 5.74) is 1.44. The van der Waals surface area contributed by atoms with Gasteiger partial charge in [0.2, 0.25) is 0 Å². The molecular formula is C12H12BFO. The highest BCUT2D eigenvalue weighted by Crippen LogP contribution is 2.27. The first kappa shape index (κ1) is 10.3. The lowest BCUT2D eigenvalue weighted by Gasteiger charge is -2.16. The lowest BCUT2D eigenvalue weighted by atomic mass is 9.95. The normalized spacial score (nSPS) is 20.6. The Hall–Kier alpha value is -1.25. The summed E-state index contributed by atoms with van der Waals surface area (Å²) in [5.74, 6) is 0.203. The van der Waals surface area contributed by atoms with Gasteiger partial charge in [-0.1, -0.05) is 12.0 Å². The van der Waals surface area contributed by atoms with Gasteiger partial charge in [0.25, 0.3) is 0 Å². The Kier molecular flexibility index (Phi) is 2.80. The summed E-state index contributed by atoms with van der Waals surface area (Å²) in [6, 6.07) is 4.19. The molecule has 0 N–H and O–H groups in total. The van der Waals surface area contributed by atoms with Gasteiger partial charge in [0.15, 0.2) is 0 Å². The van der Waals surface area contributed by atoms with Crippen molar-refractivity contribution in [3.63, 3.8) is 0 Å². The van der Waals surface area contributed by atoms with Gasteiger partial charge in [-0.2, -0.15) is 0 Å². The van der Waals surface area contributed by atoms with Gasteiger partial charge in [-0.15, -0.1) is 0 Å². The molecule has 1 saturated carbocycles. The van der Waals surface area contributed by atoms with Crippen LogP contribution in [0.25, 0.3) is 0 Å². The molecule has 2 rings (SSSR count). The van der Waals surface area contributed by atoms with E-state index in [1.54, 1.807) is 6.07 Å². The predicted octanol–water partition coefficient (Wildman–Crippen LogP) is 2.11. The second-order valence-corrected chi connectivity index (χ2v) is 3.84. The van der Waals surface area contributed by atoms with Crippen LogP contribution in [0.1, 0.15) is 19.3 Å². The summed E-state index contributed by atoms with van der Waals surface area (Å²) in [4.78, 5) is 0. The molecular weight excluding hydrogens is 190 g/mol. The van der Waals surface area contributed by atoms with Crippen molar-refractivity contribution in [2.45, 2.75) is 25.4 Å². The molecule has 1 aliphatic rings. The fourth-order valence-electron chi connectivity index (χ4n) is 1.80. The Morgan fingerprint density at radius 1 is 1.47 bits per heavy atom. The summed E-state index contributed by atoms with van der Waals surface area (Å²) in [6.07, 6.45) is 3.12. The van der Waals surface area contributed by atoms with Gasteiger partial charge in [0.1, 0.15) is 25.5 Å². The van der Waals surface area contributed by atoms with E-state index >= 15 is 0 Å². The van der Waals surface area contributed by atoms with Gasteiger partial charge in [0, 0.05) is 0 Å². The quantitative estimate of drug-likeness (QED) is 0.527. The Labute approximate surface area is 90.4 Å². The first-order valence-corrected chi connectivity index (χ1v) is 5.06. The van der Waals surface area contributed by atoms with E-state index in [-0.39, 0.29) is 11.9 Å². The van der Waals surface area contributed by atoms with E-state index < -0.39 is 0 Å². The summed E-state index contributed by atoms with van der Waals surface area (Å²) >= 11 is 0. The molecule has 0 aromatic heterocycles. The van der Waals surface area contributed by atoms with Crippen LogP contribution in [0, 0.1) is 5.82 Å². The van der Waals surface area contributed by atoms with Crippen LogP contribution in [0.4, 0.5) is 4.39 Å². The highest BCUT2D eigenvalue weighted by Gasteiger charge is 2.21. The lowest BCUT2D eigenvalue weighted by molar-refractivity contribution is 0.246. The van der Waals surface area contributed by atoms with E-state index in [0.717, 1.165) is 24.8 Å². The van der Waals surface area contributed by atoms with Crippen molar-refractivity contribution in [1.29, 1.82) is 0 Å². The van der Waals surface area contributed by atoms with E-state index in [2.05, 4.69) is 6.58 Å². The van der Waals surface area contributed by atoms with Gasteiger partial charge in [-0.05, 0) is 43.0 Å². The minimum absolute atomic E-state index is 0.0396. The number of hydrogen-bond acceptors (Lipinski definition) is 1. The van der Waals surface area contributed by atoms with Crippen LogP contribution < -0.4 is 10.2 Å². The van der Waals surface area contributed by atoms with Gasteiger partial charge < -0.3 is 4.74 Å². The van der Waals surface area contributed by atoms with Crippen molar-refractivity contribution in [3.8, 4) is 5.75 Å². The lowest BCUT2D eigenvalue weighted by Crippen LogP contribution is -2.18. The van der Waals surface area contributed by atoms with Crippen molar-refractivity contribution < 1.29 is 9.13 Å². The minimum Gasteiger partial charge on any atom is -0.487 e. The van der Waals surface area contributed by atoms with Crippen molar-refractivity contribution in [3.05, 3.63) is 36.2 Å². The average Bonchev–Trinajstić information content (AvgIpc) is 2.57. The Morgan fingerprint density at radius 2 is 2.27 bits per heavy atom. The third kappa shape index (κ3) is 2.22. The maximum absolute atomic E-state index is 12.8. The van der Waals surface area contributed by atoms with E-state index in [4.69, 9.17) is 12.6 Å². The second-order valence-electron chi connectivity index (χ2n) is 3.84. The SMILES string of the molecule is [B]c1cc(F)ccc1OC1CCCC1=C. The molecule has 0 aliphatic heterocycles. The van der Waals surface area contributed by atoms with Crippen LogP contribution in [-0.2, 0) is 0 Å². The standard InChI is InChI=1S/C12H12BFO/c1-8-3-2-4-11(8)15-12-6-5-9(14)7-10(12)13/h5-7,11H,1-4H2. The summed E-state index contributed by atoms with van der Waals surface area (Å²) < 4.78 is 18.5. The molecule has 1 fully saturated rings. The van der Waals surface area contributed by atoms with Gasteiger partial charge in [-0.3, -0.25) is 0 Å². The third-order valence-corrected chi connectivity index (χ3v) is 2.66. The van der Waals surface area contributed by atoms with Crippen LogP contribution in [0.5, 0.6) is 5.75 Å². The zero-order valence-corrected chi connectivity index (χ0v) is 8.50. The van der Waals surface area contributed by atoms with Gasteiger partial charge in [0.05, 0.1) is 0 Å². The maximum atomic E-state index is 12.8. The number of halogens is 1. The molecule has 3 heteroatoms. The molecule has 76 valence electrons. The molecule has 2 radical (unpaired) electrons. The van der Waals surface area contributed by atoms with Crippen LogP contribution in [0.3, 0.4) is 0 Å². The molecule has 1 aromatic rings. The van der Waals surface area contributed by atoms with Crippen molar-refractivity contribution in [2.24, 2.45) is 0 Å². The molecule has 0 amide bonds. The van der Waals surface area contributed by atoms with Crippen molar-refractivity contribution in [1.82, 2.24) is 0 Å². The van der Waals surface area contributed by atoms with Crippen LogP contribution in [0.15, 0.2) is 30.4 Å². The third-order valence-electron chi connectivity index (χ3n) is 2.66. The first-order chi connectivity index (χ1) is 7.16. The number of ether oxygens (including phenoxy) is 1. The molecule has 1 unspecified atom stereocenters. The molecule has 15 heavy (non-hydrogen) atoms. The maximum Gasteiger partial charge on any atom is 0.122 e. The highest BCUT2D eigenvalue weighted by atomic mass is 19.1. The highest BCUT2D eigenvalue weighted by molar-refractivity contribution is 6.34. The summed E-state index contributed by atoms with van der Waals surface area (Å²) in [6.45, 7) is 3.94. The van der Waals surface area contributed by atoms with Crippen molar-refractivity contribution in [2.75, 3.05) is 0 Å². The number of rotatable bonds is 2. The molecule has 0 saturated heterocycles. The number of benzene rings is 1. The first-order valence-electron chi connectivity index (χ1n) is 5.06. The largest absolute Gasteiger partial charge is 0.487 e. The monoisotopic (exact) mass is 202 g/mol. The summed E-state index contributed by atoms with van der Waals surface area (Å²) in [5, 5.41) is 0. The topological polar surface area (TPSA) is 9.23 Å². The second kappa shape index (κ2) is 4.09. The summed E-state index contributed by atoms with van der Waals surface area (Å²) in [7, 11) is 5.65. The van der Waals surface area contributed by atoms with E-state index in [0.29, 0.717) is 11.2 Å². The Morgan fingerprint density at radius 3 is 2.87 bits per heavy atom. The van der Waals surface area contributed by atoms with E-state index in [1.807, 2.05) is 0 Å². The Bertz CT molecular complexity index is 389. The van der Waals surface area contributed by atoms with Gasteiger partial charge in [-0.25, -0.2) is 4.39 Å². The van der Waals surface area contributed by atoms with Crippen LogP contribution >= 0.6 is 0 Å². The molecule has 1 nitrogen and oxygen atoms in total. The van der Waals surface area contributed by atoms with Crippen LogP contribution in [-0.4, -0.2) is 14.0 Å². The molecule has 1 aliphatic carbocycles. The smallest absolute Gasteiger partial charge is 0.122 e. The zero-order valence-electron chi connectivity index (χ0n) is 8.50. The fourth-order valence-corrected chi connectivity index (χ4v) is 1.80. The molecule has 0 bridgehead atoms. The fraction of sp³-hybridized carbons (Fsp3) is 0.333. The van der Waals surface area contributed by atoms with Gasteiger partial charge >= 0.3 is 0 Å². The minimum atomic E-state index is -0.343. The van der Waals surface area contributed by atoms with E-state index in [9.17, 15) is 4.39 Å². The molecule has 1 aromatic carbocycles. The predicted molar refractivity (Wildman–Crippen MR) is 59.2 cm³/mol.